The van der Waals surface area contributed by atoms with Crippen LogP contribution in [-0.4, -0.2) is 60.1 Å². The minimum atomic E-state index is -0.926. The van der Waals surface area contributed by atoms with Gasteiger partial charge in [0, 0.05) is 18.7 Å². The minimum absolute atomic E-state index is 0.0268. The maximum atomic E-state index is 11.5. The number of nitrogens with zero attached hydrogens (tertiary/aromatic N) is 2. The van der Waals surface area contributed by atoms with E-state index >= 15 is 0 Å². The van der Waals surface area contributed by atoms with Crippen LogP contribution in [0.15, 0.2) is 24.3 Å². The lowest BCUT2D eigenvalue weighted by Crippen LogP contribution is -2.33. The fourth-order valence-electron chi connectivity index (χ4n) is 2.19. The van der Waals surface area contributed by atoms with Gasteiger partial charge in [-0.05, 0) is 52.2 Å². The molecule has 37 heavy (non-hydrogen) atoms. The van der Waals surface area contributed by atoms with E-state index in [2.05, 4.69) is 22.4 Å². The molecule has 15 heteroatoms. The van der Waals surface area contributed by atoms with Crippen LogP contribution in [0, 0.1) is 20.2 Å². The number of carbonyl (C=O) groups is 3. The van der Waals surface area contributed by atoms with Gasteiger partial charge in [-0.25, -0.2) is 9.59 Å². The second-order valence-electron chi connectivity index (χ2n) is 8.26. The van der Waals surface area contributed by atoms with Gasteiger partial charge >= 0.3 is 18.2 Å². The lowest BCUT2D eigenvalue weighted by molar-refractivity contribution is -0.757. The number of unbranched alkanes of at least 4 members (excludes halogenated alkanes) is 2. The van der Waals surface area contributed by atoms with Gasteiger partial charge in [0.05, 0.1) is 18.1 Å². The molecule has 0 saturated heterocycles. The summed E-state index contributed by atoms with van der Waals surface area (Å²) in [5.41, 5.74) is -0.545. The highest BCUT2D eigenvalue weighted by Gasteiger charge is 2.15. The number of nitro groups is 1. The van der Waals surface area contributed by atoms with E-state index in [1.807, 2.05) is 20.8 Å². The number of alkyl carbamates (subject to hydrolysis) is 1. The zero-order valence-electron chi connectivity index (χ0n) is 21.4. The summed E-state index contributed by atoms with van der Waals surface area (Å²) in [7, 11) is 0. The molecule has 2 amide bonds. The molecule has 0 saturated carbocycles. The van der Waals surface area contributed by atoms with E-state index < -0.39 is 34.2 Å². The number of carbonyl (C=O) groups excluding carboxylic acids is 3. The molecule has 1 rings (SSSR count). The lowest BCUT2D eigenvalue weighted by Gasteiger charge is -2.19. The van der Waals surface area contributed by atoms with Crippen molar-refractivity contribution in [1.82, 2.24) is 10.6 Å². The Bertz CT molecular complexity index is 870. The summed E-state index contributed by atoms with van der Waals surface area (Å²) >= 11 is 0. The number of amides is 2. The molecule has 15 nitrogen and oxygen atoms in total. The highest BCUT2D eigenvalue weighted by atomic mass is 16.9. The largest absolute Gasteiger partial charge is 0.464 e. The maximum absolute atomic E-state index is 11.5. The second-order valence-corrected chi connectivity index (χ2v) is 8.26. The van der Waals surface area contributed by atoms with Crippen LogP contribution in [0.5, 0.6) is 5.75 Å². The number of nitro benzene ring substituents is 1. The molecule has 1 aromatic carbocycles. The predicted molar refractivity (Wildman–Crippen MR) is 129 cm³/mol. The molecule has 0 fully saturated rings. The van der Waals surface area contributed by atoms with Crippen molar-refractivity contribution in [3.05, 3.63) is 44.5 Å². The standard InChI is InChI=1S/C13H15N3O9.C9H19NO2/c17-12(23-7-1-2-8-24-16(21)22)9-14-13(18)25-11-5-3-10(4-6-11)15(19)20;1-5-6-7-10-8(11)12-9(2,3)4/h3-6H,1-2,7-9H2,(H,14,18);5-7H2,1-4H3,(H,10,11). The van der Waals surface area contributed by atoms with Crippen molar-refractivity contribution in [3.8, 4) is 5.75 Å². The molecule has 1 aromatic rings. The van der Waals surface area contributed by atoms with Crippen molar-refractivity contribution in [2.45, 2.75) is 59.0 Å². The number of esters is 1. The van der Waals surface area contributed by atoms with Gasteiger partial charge in [0.1, 0.15) is 17.9 Å². The van der Waals surface area contributed by atoms with E-state index in [9.17, 15) is 34.6 Å². The number of nitrogens with one attached hydrogen (secondary N) is 2. The average Bonchev–Trinajstić information content (AvgIpc) is 2.79. The second kappa shape index (κ2) is 18.1. The topological polar surface area (TPSA) is 198 Å². The first-order chi connectivity index (χ1) is 17.3. The Morgan fingerprint density at radius 1 is 0.919 bits per heavy atom. The Morgan fingerprint density at radius 3 is 2.08 bits per heavy atom. The van der Waals surface area contributed by atoms with E-state index in [-0.39, 0.29) is 30.7 Å². The van der Waals surface area contributed by atoms with Crippen molar-refractivity contribution in [2.24, 2.45) is 0 Å². The number of rotatable bonds is 13. The van der Waals surface area contributed by atoms with Crippen LogP contribution in [0.3, 0.4) is 0 Å². The van der Waals surface area contributed by atoms with Gasteiger partial charge in [-0.15, -0.1) is 10.1 Å². The quantitative estimate of drug-likeness (QED) is 0.164. The molecular weight excluding hydrogens is 496 g/mol. The average molecular weight is 531 g/mol. The Morgan fingerprint density at radius 2 is 1.54 bits per heavy atom. The summed E-state index contributed by atoms with van der Waals surface area (Å²) in [6.07, 6.45) is 1.53. The Kier molecular flexibility index (Phi) is 16.1. The molecule has 0 heterocycles. The molecule has 0 aliphatic heterocycles. The lowest BCUT2D eigenvalue weighted by atomic mass is 10.2. The number of hydrogen-bond donors (Lipinski definition) is 2. The van der Waals surface area contributed by atoms with E-state index in [0.29, 0.717) is 19.4 Å². The van der Waals surface area contributed by atoms with Crippen LogP contribution < -0.4 is 15.4 Å². The van der Waals surface area contributed by atoms with Crippen molar-refractivity contribution in [1.29, 1.82) is 0 Å². The Balaban J connectivity index is 0.000000908. The fourth-order valence-corrected chi connectivity index (χ4v) is 2.19. The summed E-state index contributed by atoms with van der Waals surface area (Å²) in [6.45, 7) is 7.84. The van der Waals surface area contributed by atoms with Gasteiger partial charge in [0.25, 0.3) is 10.8 Å². The van der Waals surface area contributed by atoms with Crippen LogP contribution in [0.1, 0.15) is 53.4 Å². The van der Waals surface area contributed by atoms with Crippen LogP contribution in [0.2, 0.25) is 0 Å². The summed E-state index contributed by atoms with van der Waals surface area (Å²) in [6, 6.07) is 4.81. The summed E-state index contributed by atoms with van der Waals surface area (Å²) in [5, 5.41) is 24.3. The Labute approximate surface area is 214 Å². The summed E-state index contributed by atoms with van der Waals surface area (Å²) in [5.74, 6) is -0.641. The Hall–Kier alpha value is -4.17. The highest BCUT2D eigenvalue weighted by molar-refractivity contribution is 5.78. The first kappa shape index (κ1) is 32.8. The molecule has 0 spiro atoms. The number of benzene rings is 1. The zero-order chi connectivity index (χ0) is 28.3. The van der Waals surface area contributed by atoms with Gasteiger partial charge < -0.3 is 29.7 Å². The number of non-ortho nitro benzene ring substituents is 1. The van der Waals surface area contributed by atoms with Crippen molar-refractivity contribution >= 4 is 23.8 Å². The van der Waals surface area contributed by atoms with Gasteiger partial charge in [0.2, 0.25) is 0 Å². The monoisotopic (exact) mass is 530 g/mol. The highest BCUT2D eigenvalue weighted by Crippen LogP contribution is 2.17. The first-order valence-corrected chi connectivity index (χ1v) is 11.4. The molecule has 0 aliphatic rings. The van der Waals surface area contributed by atoms with Crippen LogP contribution in [-0.2, 0) is 19.1 Å². The third-order valence-corrected chi connectivity index (χ3v) is 3.83. The molecule has 2 N–H and O–H groups in total. The predicted octanol–water partition coefficient (Wildman–Crippen LogP) is 3.53. The van der Waals surface area contributed by atoms with Gasteiger partial charge in [-0.3, -0.25) is 14.9 Å². The third kappa shape index (κ3) is 19.8. The molecule has 0 unspecified atom stereocenters. The van der Waals surface area contributed by atoms with Crippen LogP contribution in [0.25, 0.3) is 0 Å². The molecule has 0 radical (unpaired) electrons. The number of ether oxygens (including phenoxy) is 3. The maximum Gasteiger partial charge on any atom is 0.413 e. The first-order valence-electron chi connectivity index (χ1n) is 11.4. The third-order valence-electron chi connectivity index (χ3n) is 3.83. The van der Waals surface area contributed by atoms with Crippen molar-refractivity contribution in [2.75, 3.05) is 26.3 Å². The molecule has 0 bridgehead atoms. The molecule has 0 atom stereocenters. The van der Waals surface area contributed by atoms with Crippen molar-refractivity contribution < 1.29 is 43.4 Å². The number of hydrogen-bond acceptors (Lipinski definition) is 11. The fraction of sp³-hybridized carbons (Fsp3) is 0.591. The smallest absolute Gasteiger partial charge is 0.413 e. The molecule has 208 valence electrons. The summed E-state index contributed by atoms with van der Waals surface area (Å²) in [4.78, 5) is 57.7. The van der Waals surface area contributed by atoms with Gasteiger partial charge in [-0.1, -0.05) is 13.3 Å². The van der Waals surface area contributed by atoms with Crippen molar-refractivity contribution in [3.63, 3.8) is 0 Å². The van der Waals surface area contributed by atoms with Gasteiger partial charge in [-0.2, -0.15) is 0 Å². The zero-order valence-corrected chi connectivity index (χ0v) is 21.4. The molecule has 0 aromatic heterocycles. The van der Waals surface area contributed by atoms with Crippen LogP contribution in [0.4, 0.5) is 15.3 Å². The summed E-state index contributed by atoms with van der Waals surface area (Å²) < 4.78 is 14.6. The van der Waals surface area contributed by atoms with E-state index in [4.69, 9.17) is 14.2 Å². The SMILES string of the molecule is CCCCNC(=O)OC(C)(C)C.O=C(CNC(=O)Oc1ccc([N+](=O)[O-])cc1)OCCCCO[N+](=O)[O-]. The normalized spacial score (nSPS) is 10.2. The van der Waals surface area contributed by atoms with Gasteiger partial charge in [0.15, 0.2) is 0 Å². The van der Waals surface area contributed by atoms with E-state index in [1.54, 1.807) is 0 Å². The van der Waals surface area contributed by atoms with E-state index in [1.165, 1.54) is 24.3 Å². The van der Waals surface area contributed by atoms with Crippen LogP contribution >= 0.6 is 0 Å². The molecular formula is C22H34N4O11. The molecule has 0 aliphatic carbocycles. The minimum Gasteiger partial charge on any atom is -0.464 e. The van der Waals surface area contributed by atoms with E-state index in [0.717, 1.165) is 12.8 Å².